The molecule has 0 saturated heterocycles. The quantitative estimate of drug-likeness (QED) is 0.720. The third-order valence-corrected chi connectivity index (χ3v) is 4.95. The number of fused-ring (bicyclic) bond motifs is 1. The third-order valence-electron chi connectivity index (χ3n) is 4.95. The zero-order valence-corrected chi connectivity index (χ0v) is 15.0. The molecule has 3 aromatic rings. The highest BCUT2D eigenvalue weighted by atomic mass is 15.3. The Bertz CT molecular complexity index is 882. The average Bonchev–Trinajstić information content (AvgIpc) is 3.23. The molecule has 1 aliphatic carbocycles. The van der Waals surface area contributed by atoms with Crippen LogP contribution in [0.15, 0.2) is 36.5 Å². The maximum absolute atomic E-state index is 4.72. The Morgan fingerprint density at radius 3 is 2.68 bits per heavy atom. The number of hydrogen-bond donors (Lipinski definition) is 2. The van der Waals surface area contributed by atoms with Gasteiger partial charge in [-0.3, -0.25) is 4.68 Å². The Morgan fingerprint density at radius 2 is 1.96 bits per heavy atom. The maximum Gasteiger partial charge on any atom is 0.226 e. The lowest BCUT2D eigenvalue weighted by Gasteiger charge is -2.16. The van der Waals surface area contributed by atoms with Gasteiger partial charge in [-0.05, 0) is 31.2 Å². The van der Waals surface area contributed by atoms with Crippen LogP contribution < -0.4 is 10.6 Å². The average molecular weight is 336 g/mol. The van der Waals surface area contributed by atoms with Crippen LogP contribution in [-0.4, -0.2) is 31.8 Å². The molecule has 0 spiro atoms. The molecule has 1 aromatic carbocycles. The zero-order valence-electron chi connectivity index (χ0n) is 15.0. The molecule has 2 heterocycles. The predicted octanol–water partition coefficient (Wildman–Crippen LogP) is 3.54. The van der Waals surface area contributed by atoms with Crippen molar-refractivity contribution >= 4 is 22.8 Å². The highest BCUT2D eigenvalue weighted by Crippen LogP contribution is 2.39. The Morgan fingerprint density at radius 1 is 1.20 bits per heavy atom. The van der Waals surface area contributed by atoms with Gasteiger partial charge in [0.15, 0.2) is 5.65 Å². The van der Waals surface area contributed by atoms with Crippen LogP contribution >= 0.6 is 0 Å². The summed E-state index contributed by atoms with van der Waals surface area (Å²) >= 11 is 0. The van der Waals surface area contributed by atoms with Crippen molar-refractivity contribution in [3.63, 3.8) is 0 Å². The van der Waals surface area contributed by atoms with Crippen LogP contribution in [0, 0.1) is 0 Å². The van der Waals surface area contributed by atoms with Crippen molar-refractivity contribution in [1.82, 2.24) is 19.7 Å². The number of anilines is 2. The summed E-state index contributed by atoms with van der Waals surface area (Å²) in [6.45, 7) is 5.21. The van der Waals surface area contributed by atoms with Crippen LogP contribution in [0.25, 0.3) is 11.0 Å². The number of hydrogen-bond acceptors (Lipinski definition) is 5. The summed E-state index contributed by atoms with van der Waals surface area (Å²) in [5.41, 5.74) is 2.31. The van der Waals surface area contributed by atoms with Crippen molar-refractivity contribution in [2.75, 3.05) is 17.2 Å². The molecule has 4 rings (SSSR count). The van der Waals surface area contributed by atoms with Gasteiger partial charge < -0.3 is 10.6 Å². The van der Waals surface area contributed by atoms with Gasteiger partial charge in [-0.15, -0.1) is 0 Å². The van der Waals surface area contributed by atoms with Gasteiger partial charge in [0.1, 0.15) is 5.82 Å². The van der Waals surface area contributed by atoms with Gasteiger partial charge >= 0.3 is 0 Å². The summed E-state index contributed by atoms with van der Waals surface area (Å²) in [7, 11) is 1.91. The molecule has 25 heavy (non-hydrogen) atoms. The highest BCUT2D eigenvalue weighted by molar-refractivity contribution is 5.87. The normalized spacial score (nSPS) is 16.6. The van der Waals surface area contributed by atoms with Crippen LogP contribution in [0.2, 0.25) is 0 Å². The van der Waals surface area contributed by atoms with Crippen LogP contribution in [0.4, 0.5) is 11.8 Å². The first-order valence-electron chi connectivity index (χ1n) is 8.81. The third kappa shape index (κ3) is 3.29. The van der Waals surface area contributed by atoms with Gasteiger partial charge in [0.05, 0.1) is 11.6 Å². The lowest BCUT2D eigenvalue weighted by Crippen LogP contribution is -2.19. The van der Waals surface area contributed by atoms with Crippen LogP contribution in [0.5, 0.6) is 0 Å². The van der Waals surface area contributed by atoms with Crippen molar-refractivity contribution in [2.45, 2.75) is 38.1 Å². The molecule has 1 saturated carbocycles. The lowest BCUT2D eigenvalue weighted by atomic mass is 10.0. The molecular formula is C19H24N6. The van der Waals surface area contributed by atoms with Crippen LogP contribution in [-0.2, 0) is 7.05 Å². The topological polar surface area (TPSA) is 67.7 Å². The molecule has 6 nitrogen and oxygen atoms in total. The van der Waals surface area contributed by atoms with Crippen molar-refractivity contribution in [3.8, 4) is 0 Å². The van der Waals surface area contributed by atoms with E-state index in [1.165, 1.54) is 18.4 Å². The Balaban J connectivity index is 1.57. The number of nitrogens with zero attached hydrogens (tertiary/aromatic N) is 4. The molecule has 0 aliphatic heterocycles. The first kappa shape index (κ1) is 15.9. The molecule has 1 atom stereocenters. The van der Waals surface area contributed by atoms with Gasteiger partial charge in [0, 0.05) is 19.1 Å². The molecule has 0 amide bonds. The standard InChI is InChI=1S/C19H24N6/c1-13(14-7-5-4-6-8-14)11-20-18-22-16(24-19(2)9-10-19)15-12-21-25(3)17(15)23-18/h4-8,12-13H,9-11H2,1-3H3,(H2,20,22,23,24). The second kappa shape index (κ2) is 6.02. The first-order chi connectivity index (χ1) is 12.0. The molecular weight excluding hydrogens is 312 g/mol. The molecule has 0 bridgehead atoms. The predicted molar refractivity (Wildman–Crippen MR) is 101 cm³/mol. The van der Waals surface area contributed by atoms with Crippen molar-refractivity contribution < 1.29 is 0 Å². The van der Waals surface area contributed by atoms with Gasteiger partial charge in [0.25, 0.3) is 0 Å². The number of aryl methyl sites for hydroxylation is 1. The van der Waals surface area contributed by atoms with E-state index in [1.807, 2.05) is 19.3 Å². The maximum atomic E-state index is 4.72. The lowest BCUT2D eigenvalue weighted by molar-refractivity contribution is 0.778. The van der Waals surface area contributed by atoms with Crippen LogP contribution in [0.3, 0.4) is 0 Å². The van der Waals surface area contributed by atoms with Crippen molar-refractivity contribution in [1.29, 1.82) is 0 Å². The molecule has 0 radical (unpaired) electrons. The fraction of sp³-hybridized carbons (Fsp3) is 0.421. The van der Waals surface area contributed by atoms with E-state index in [1.54, 1.807) is 4.68 Å². The minimum atomic E-state index is 0.158. The van der Waals surface area contributed by atoms with Gasteiger partial charge in [-0.25, -0.2) is 0 Å². The Kier molecular flexibility index (Phi) is 3.82. The monoisotopic (exact) mass is 336 g/mol. The summed E-state index contributed by atoms with van der Waals surface area (Å²) in [5, 5.41) is 12.3. The summed E-state index contributed by atoms with van der Waals surface area (Å²) in [6, 6.07) is 10.5. The number of nitrogens with one attached hydrogen (secondary N) is 2. The van der Waals surface area contributed by atoms with Gasteiger partial charge in [-0.1, -0.05) is 37.3 Å². The second-order valence-corrected chi connectivity index (χ2v) is 7.28. The Labute approximate surface area is 147 Å². The zero-order chi connectivity index (χ0) is 17.4. The number of benzene rings is 1. The van der Waals surface area contributed by atoms with Gasteiger partial charge in [-0.2, -0.15) is 15.1 Å². The highest BCUT2D eigenvalue weighted by Gasteiger charge is 2.38. The van der Waals surface area contributed by atoms with E-state index < -0.39 is 0 Å². The minimum absolute atomic E-state index is 0.158. The minimum Gasteiger partial charge on any atom is -0.364 e. The van der Waals surface area contributed by atoms with Gasteiger partial charge in [0.2, 0.25) is 5.95 Å². The molecule has 130 valence electrons. The van der Waals surface area contributed by atoms with E-state index in [2.05, 4.69) is 58.8 Å². The van der Waals surface area contributed by atoms with E-state index in [0.29, 0.717) is 11.9 Å². The smallest absolute Gasteiger partial charge is 0.226 e. The van der Waals surface area contributed by atoms with Crippen molar-refractivity contribution in [2.24, 2.45) is 7.05 Å². The van der Waals surface area contributed by atoms with Crippen molar-refractivity contribution in [3.05, 3.63) is 42.1 Å². The second-order valence-electron chi connectivity index (χ2n) is 7.28. The molecule has 2 aromatic heterocycles. The first-order valence-corrected chi connectivity index (χ1v) is 8.81. The molecule has 6 heteroatoms. The van der Waals surface area contributed by atoms with E-state index >= 15 is 0 Å². The fourth-order valence-corrected chi connectivity index (χ4v) is 2.94. The van der Waals surface area contributed by atoms with E-state index in [9.17, 15) is 0 Å². The summed E-state index contributed by atoms with van der Waals surface area (Å²) < 4.78 is 1.79. The summed E-state index contributed by atoms with van der Waals surface area (Å²) in [4.78, 5) is 9.37. The van der Waals surface area contributed by atoms with E-state index in [0.717, 1.165) is 23.4 Å². The SMILES string of the molecule is CC(CNc1nc(NC2(C)CC2)c2cnn(C)c2n1)c1ccccc1. The fourth-order valence-electron chi connectivity index (χ4n) is 2.94. The molecule has 1 aliphatic rings. The van der Waals surface area contributed by atoms with Crippen LogP contribution in [0.1, 0.15) is 38.2 Å². The Hall–Kier alpha value is -2.63. The number of rotatable bonds is 6. The number of aromatic nitrogens is 4. The summed E-state index contributed by atoms with van der Waals surface area (Å²) in [6.07, 6.45) is 4.18. The molecule has 2 N–H and O–H groups in total. The largest absolute Gasteiger partial charge is 0.364 e. The molecule has 1 unspecified atom stereocenters. The molecule has 1 fully saturated rings. The summed E-state index contributed by atoms with van der Waals surface area (Å²) in [5.74, 6) is 1.89. The van der Waals surface area contributed by atoms with E-state index in [-0.39, 0.29) is 5.54 Å². The van der Waals surface area contributed by atoms with E-state index in [4.69, 9.17) is 4.98 Å².